The molecule has 0 spiro atoms. The molecule has 5 rings (SSSR count). The molecule has 7 heteroatoms. The van der Waals surface area contributed by atoms with Crippen LogP contribution in [-0.4, -0.2) is 47.6 Å². The Morgan fingerprint density at radius 1 is 1.11 bits per heavy atom. The molecule has 3 heterocycles. The Hall–Kier alpha value is -2.90. The molecule has 28 heavy (non-hydrogen) atoms. The van der Waals surface area contributed by atoms with Crippen LogP contribution in [0.15, 0.2) is 42.5 Å². The summed E-state index contributed by atoms with van der Waals surface area (Å²) in [5, 5.41) is 18.1. The Bertz CT molecular complexity index is 970. The summed E-state index contributed by atoms with van der Waals surface area (Å²) in [4.78, 5) is 26.6. The van der Waals surface area contributed by atoms with Gasteiger partial charge in [0.25, 0.3) is 11.8 Å². The summed E-state index contributed by atoms with van der Waals surface area (Å²) in [6.07, 6.45) is 1.54. The summed E-state index contributed by atoms with van der Waals surface area (Å²) >= 11 is 0. The molecule has 1 fully saturated rings. The Morgan fingerprint density at radius 3 is 2.71 bits per heavy atom. The molecule has 3 N–H and O–H groups in total. The standard InChI is InChI=1S/C21H21N3O4/c25-19-12-28-18-6-5-13(11-17(18)23-19)21(27)16-4-2-1-3-15(16)20(26)24(21)14-7-9-22-10-8-14/h1-6,11,14,22,27H,7-10,12H2,(H,23,25). The highest BCUT2D eigenvalue weighted by molar-refractivity contribution is 6.01. The third kappa shape index (κ3) is 2.43. The van der Waals surface area contributed by atoms with E-state index in [0.717, 1.165) is 25.9 Å². The molecule has 2 amide bonds. The molecule has 3 aliphatic heterocycles. The number of nitrogens with one attached hydrogen (secondary N) is 2. The molecular weight excluding hydrogens is 358 g/mol. The molecule has 1 saturated heterocycles. The first-order valence-electron chi connectivity index (χ1n) is 9.52. The number of carbonyl (C=O) groups excluding carboxylic acids is 2. The molecule has 0 aromatic heterocycles. The minimum atomic E-state index is -1.59. The number of hydrogen-bond donors (Lipinski definition) is 3. The number of hydrogen-bond acceptors (Lipinski definition) is 5. The SMILES string of the molecule is O=C1COc2ccc(C3(O)c4ccccc4C(=O)N3C3CCNCC3)cc2N1. The van der Waals surface area contributed by atoms with E-state index in [1.54, 1.807) is 35.2 Å². The Kier molecular flexibility index (Phi) is 3.89. The lowest BCUT2D eigenvalue weighted by Crippen LogP contribution is -2.53. The highest BCUT2D eigenvalue weighted by Crippen LogP contribution is 2.46. The second-order valence-corrected chi connectivity index (χ2v) is 7.42. The lowest BCUT2D eigenvalue weighted by molar-refractivity contribution is -0.118. The van der Waals surface area contributed by atoms with Gasteiger partial charge >= 0.3 is 0 Å². The second-order valence-electron chi connectivity index (χ2n) is 7.42. The molecule has 7 nitrogen and oxygen atoms in total. The van der Waals surface area contributed by atoms with Crippen LogP contribution in [-0.2, 0) is 10.5 Å². The number of piperidine rings is 1. The number of anilines is 1. The van der Waals surface area contributed by atoms with Crippen molar-refractivity contribution < 1.29 is 19.4 Å². The molecule has 3 aliphatic rings. The summed E-state index contributed by atoms with van der Waals surface area (Å²) in [5.41, 5.74) is 0.536. The van der Waals surface area contributed by atoms with Crippen molar-refractivity contribution in [1.29, 1.82) is 0 Å². The van der Waals surface area contributed by atoms with E-state index >= 15 is 0 Å². The monoisotopic (exact) mass is 379 g/mol. The van der Waals surface area contributed by atoms with E-state index in [0.29, 0.717) is 28.1 Å². The quantitative estimate of drug-likeness (QED) is 0.734. The van der Waals surface area contributed by atoms with Crippen molar-refractivity contribution >= 4 is 17.5 Å². The van der Waals surface area contributed by atoms with Crippen LogP contribution in [0.1, 0.15) is 34.3 Å². The van der Waals surface area contributed by atoms with E-state index in [-0.39, 0.29) is 24.5 Å². The van der Waals surface area contributed by atoms with Crippen LogP contribution in [0.3, 0.4) is 0 Å². The third-order valence-corrected chi connectivity index (χ3v) is 5.79. The first kappa shape index (κ1) is 17.2. The number of benzene rings is 2. The number of aliphatic hydroxyl groups is 1. The van der Waals surface area contributed by atoms with Crippen molar-refractivity contribution in [2.24, 2.45) is 0 Å². The smallest absolute Gasteiger partial charge is 0.262 e. The van der Waals surface area contributed by atoms with Gasteiger partial charge in [-0.05, 0) is 44.1 Å². The van der Waals surface area contributed by atoms with Gasteiger partial charge in [-0.3, -0.25) is 14.5 Å². The van der Waals surface area contributed by atoms with Gasteiger partial charge in [0.2, 0.25) is 0 Å². The van der Waals surface area contributed by atoms with Crippen molar-refractivity contribution in [2.75, 3.05) is 25.0 Å². The third-order valence-electron chi connectivity index (χ3n) is 5.79. The first-order chi connectivity index (χ1) is 13.6. The molecule has 0 radical (unpaired) electrons. The zero-order valence-corrected chi connectivity index (χ0v) is 15.3. The summed E-state index contributed by atoms with van der Waals surface area (Å²) in [6.45, 7) is 1.57. The van der Waals surface area contributed by atoms with Gasteiger partial charge in [-0.15, -0.1) is 0 Å². The maximum absolute atomic E-state index is 13.3. The first-order valence-corrected chi connectivity index (χ1v) is 9.52. The van der Waals surface area contributed by atoms with Gasteiger partial charge in [0, 0.05) is 22.7 Å². The molecule has 1 atom stereocenters. The zero-order chi connectivity index (χ0) is 19.3. The topological polar surface area (TPSA) is 90.9 Å². The normalized spacial score (nSPS) is 24.4. The number of carbonyl (C=O) groups is 2. The van der Waals surface area contributed by atoms with E-state index in [2.05, 4.69) is 10.6 Å². The van der Waals surface area contributed by atoms with E-state index in [4.69, 9.17) is 4.74 Å². The average Bonchev–Trinajstić information content (AvgIpc) is 2.96. The van der Waals surface area contributed by atoms with Gasteiger partial charge in [-0.1, -0.05) is 24.3 Å². The summed E-state index contributed by atoms with van der Waals surface area (Å²) in [6, 6.07) is 12.3. The highest BCUT2D eigenvalue weighted by Gasteiger charge is 2.52. The van der Waals surface area contributed by atoms with Crippen molar-refractivity contribution in [1.82, 2.24) is 10.2 Å². The summed E-state index contributed by atoms with van der Waals surface area (Å²) < 4.78 is 5.44. The second kappa shape index (κ2) is 6.32. The number of rotatable bonds is 2. The fraction of sp³-hybridized carbons (Fsp3) is 0.333. The lowest BCUT2D eigenvalue weighted by atomic mass is 9.91. The minimum absolute atomic E-state index is 0.0286. The fourth-order valence-electron chi connectivity index (χ4n) is 4.47. The van der Waals surface area contributed by atoms with E-state index in [1.807, 2.05) is 12.1 Å². The molecular formula is C21H21N3O4. The Labute approximate surface area is 162 Å². The molecule has 0 saturated carbocycles. The van der Waals surface area contributed by atoms with Crippen LogP contribution in [0, 0.1) is 0 Å². The fourth-order valence-corrected chi connectivity index (χ4v) is 4.47. The van der Waals surface area contributed by atoms with E-state index in [1.165, 1.54) is 0 Å². The van der Waals surface area contributed by atoms with Crippen molar-refractivity contribution in [2.45, 2.75) is 24.6 Å². The predicted molar refractivity (Wildman–Crippen MR) is 102 cm³/mol. The van der Waals surface area contributed by atoms with Gasteiger partial charge in [-0.2, -0.15) is 0 Å². The van der Waals surface area contributed by atoms with Crippen LogP contribution >= 0.6 is 0 Å². The molecule has 0 bridgehead atoms. The number of ether oxygens (including phenoxy) is 1. The van der Waals surface area contributed by atoms with Crippen LogP contribution in [0.25, 0.3) is 0 Å². The number of fused-ring (bicyclic) bond motifs is 2. The van der Waals surface area contributed by atoms with Crippen LogP contribution < -0.4 is 15.4 Å². The molecule has 0 aliphatic carbocycles. The summed E-state index contributed by atoms with van der Waals surface area (Å²) in [7, 11) is 0. The zero-order valence-electron chi connectivity index (χ0n) is 15.3. The van der Waals surface area contributed by atoms with Crippen LogP contribution in [0.5, 0.6) is 5.75 Å². The van der Waals surface area contributed by atoms with Gasteiger partial charge in [0.05, 0.1) is 5.69 Å². The van der Waals surface area contributed by atoms with Crippen LogP contribution in [0.2, 0.25) is 0 Å². The number of amides is 2. The van der Waals surface area contributed by atoms with Crippen molar-refractivity contribution in [3.63, 3.8) is 0 Å². The molecule has 144 valence electrons. The Balaban J connectivity index is 1.66. The van der Waals surface area contributed by atoms with Gasteiger partial charge in [0.15, 0.2) is 12.3 Å². The highest BCUT2D eigenvalue weighted by atomic mass is 16.5. The van der Waals surface area contributed by atoms with Crippen molar-refractivity contribution in [3.8, 4) is 5.75 Å². The largest absolute Gasteiger partial charge is 0.482 e. The number of nitrogens with zero attached hydrogens (tertiary/aromatic N) is 1. The van der Waals surface area contributed by atoms with Crippen LogP contribution in [0.4, 0.5) is 5.69 Å². The summed E-state index contributed by atoms with van der Waals surface area (Å²) in [5.74, 6) is 0.149. The predicted octanol–water partition coefficient (Wildman–Crippen LogP) is 1.42. The van der Waals surface area contributed by atoms with E-state index in [9.17, 15) is 14.7 Å². The molecule has 2 aromatic carbocycles. The van der Waals surface area contributed by atoms with Gasteiger partial charge < -0.3 is 20.5 Å². The minimum Gasteiger partial charge on any atom is -0.482 e. The maximum atomic E-state index is 13.3. The molecule has 1 unspecified atom stereocenters. The van der Waals surface area contributed by atoms with Gasteiger partial charge in [0.1, 0.15) is 5.75 Å². The van der Waals surface area contributed by atoms with Gasteiger partial charge in [-0.25, -0.2) is 0 Å². The molecule has 2 aromatic rings. The average molecular weight is 379 g/mol. The van der Waals surface area contributed by atoms with Crippen molar-refractivity contribution in [3.05, 3.63) is 59.2 Å². The maximum Gasteiger partial charge on any atom is 0.262 e. The lowest BCUT2D eigenvalue weighted by Gasteiger charge is -2.42. The Morgan fingerprint density at radius 2 is 1.89 bits per heavy atom. The van der Waals surface area contributed by atoms with E-state index < -0.39 is 5.72 Å².